The summed E-state index contributed by atoms with van der Waals surface area (Å²) in [6.07, 6.45) is -1.38. The first kappa shape index (κ1) is 5.36. The molecule has 0 atom stereocenters. The van der Waals surface area contributed by atoms with E-state index < -0.39 is 6.09 Å². The van der Waals surface area contributed by atoms with Crippen molar-refractivity contribution in [3.8, 4) is 0 Å². The summed E-state index contributed by atoms with van der Waals surface area (Å²) in [5, 5.41) is 10.0. The molecule has 0 unspecified atom stereocenters. The van der Waals surface area contributed by atoms with Gasteiger partial charge in [0.1, 0.15) is 0 Å². The van der Waals surface area contributed by atoms with Crippen molar-refractivity contribution in [2.45, 2.75) is 0 Å². The van der Waals surface area contributed by atoms with Gasteiger partial charge in [-0.15, -0.1) is 0 Å². The molecule has 0 aliphatic heterocycles. The molecule has 0 aliphatic rings. The van der Waals surface area contributed by atoms with Gasteiger partial charge in [0.05, 0.1) is 11.8 Å². The third kappa shape index (κ3) is 3.36. The molecule has 0 saturated carbocycles. The van der Waals surface area contributed by atoms with Crippen LogP contribution in [0.5, 0.6) is 0 Å². The van der Waals surface area contributed by atoms with Gasteiger partial charge in [0.15, 0.2) is 0 Å². The molecule has 0 radical (unpaired) electrons. The monoisotopic (exact) mass is 108 g/mol. The molecule has 0 aromatic rings. The molecule has 0 heterocycles. The molecule has 4 nitrogen and oxygen atoms in total. The van der Waals surface area contributed by atoms with E-state index in [0.717, 1.165) is 0 Å². The third-order valence-corrected chi connectivity index (χ3v) is 0.199. The van der Waals surface area contributed by atoms with Crippen LogP contribution in [-0.4, -0.2) is 11.2 Å². The number of carboxylic acid groups (broad SMARTS) is 1. The van der Waals surface area contributed by atoms with Crippen LogP contribution in [0.15, 0.2) is 9.75 Å². The normalized spacial score (nSPS) is 9.50. The Morgan fingerprint density at radius 3 is 2.33 bits per heavy atom. The van der Waals surface area contributed by atoms with E-state index in [0.29, 0.717) is 0 Å². The van der Waals surface area contributed by atoms with Gasteiger partial charge < -0.3 is 5.11 Å². The highest BCUT2D eigenvalue weighted by molar-refractivity contribution is 6.14. The lowest BCUT2D eigenvalue weighted by molar-refractivity contribution is 0.204. The molecular weight excluding hydrogens is 107 g/mol. The Hall–Kier alpha value is -0.640. The number of hydrogen-bond acceptors (Lipinski definition) is 2. The van der Waals surface area contributed by atoms with Crippen molar-refractivity contribution >= 4 is 17.9 Å². The average molecular weight is 108 g/mol. The van der Waals surface area contributed by atoms with E-state index in [-0.39, 0.29) is 0 Å². The highest BCUT2D eigenvalue weighted by Gasteiger charge is 1.81. The van der Waals surface area contributed by atoms with Crippen molar-refractivity contribution in [2.75, 3.05) is 0 Å². The van der Waals surface area contributed by atoms with E-state index in [1.54, 1.807) is 0 Å². The van der Waals surface area contributed by atoms with E-state index >= 15 is 0 Å². The Balaban J connectivity index is 3.30. The van der Waals surface area contributed by atoms with Crippen LogP contribution in [-0.2, 0) is 0 Å². The average Bonchev–Trinajstić information content (AvgIpc) is 1.35. The van der Waals surface area contributed by atoms with Gasteiger partial charge >= 0.3 is 6.09 Å². The summed E-state index contributed by atoms with van der Waals surface area (Å²) in [6.45, 7) is 0. The summed E-state index contributed by atoms with van der Waals surface area (Å²) in [7, 11) is 0. The highest BCUT2D eigenvalue weighted by atomic mass is 35.5. The molecule has 0 aromatic heterocycles. The molecule has 34 valence electrons. The first-order valence-electron chi connectivity index (χ1n) is 1.02. The highest BCUT2D eigenvalue weighted by Crippen LogP contribution is 1.78. The molecule has 0 fully saturated rings. The minimum Gasteiger partial charge on any atom is -0.462 e. The van der Waals surface area contributed by atoms with Crippen LogP contribution in [0.2, 0.25) is 0 Å². The number of halogens is 1. The van der Waals surface area contributed by atoms with E-state index in [4.69, 9.17) is 5.11 Å². The van der Waals surface area contributed by atoms with Crippen LogP contribution in [0.25, 0.3) is 0 Å². The molecule has 0 spiro atoms. The predicted molar refractivity (Wildman–Crippen MR) is 18.7 cm³/mol. The Morgan fingerprint density at radius 1 is 1.83 bits per heavy atom. The van der Waals surface area contributed by atoms with E-state index in [9.17, 15) is 4.79 Å². The van der Waals surface area contributed by atoms with Crippen molar-refractivity contribution < 1.29 is 9.90 Å². The minimum atomic E-state index is -1.38. The minimum absolute atomic E-state index is 1.38. The third-order valence-electron chi connectivity index (χ3n) is 0.123. The molecule has 0 aliphatic carbocycles. The zero-order chi connectivity index (χ0) is 4.99. The summed E-state index contributed by atoms with van der Waals surface area (Å²) >= 11 is 4.47. The Labute approximate surface area is 38.6 Å². The van der Waals surface area contributed by atoms with Gasteiger partial charge in [0.2, 0.25) is 0 Å². The summed E-state index contributed by atoms with van der Waals surface area (Å²) < 4.78 is 2.43. The Bertz CT molecular complexity index is 79.6. The molecule has 0 bridgehead atoms. The van der Waals surface area contributed by atoms with Crippen LogP contribution in [0.4, 0.5) is 4.79 Å². The maximum absolute atomic E-state index is 9.25. The second-order valence-corrected chi connectivity index (χ2v) is 0.609. The van der Waals surface area contributed by atoms with Gasteiger partial charge in [-0.25, -0.2) is 4.79 Å². The molecule has 1 amide bonds. The van der Waals surface area contributed by atoms with Crippen LogP contribution in [0, 0.1) is 0 Å². The predicted octanol–water partition coefficient (Wildman–Crippen LogP) is 1.27. The lowest BCUT2D eigenvalue weighted by atomic mass is 11.3. The molecule has 0 saturated heterocycles. The molecule has 5 heteroatoms. The number of carbonyl (C=O) groups is 1. The van der Waals surface area contributed by atoms with Crippen molar-refractivity contribution in [1.82, 2.24) is 0 Å². The first-order chi connectivity index (χ1) is 2.77. The second kappa shape index (κ2) is 2.59. The van der Waals surface area contributed by atoms with E-state index in [2.05, 4.69) is 21.5 Å². The number of rotatable bonds is 0. The largest absolute Gasteiger partial charge is 0.462 e. The maximum atomic E-state index is 9.25. The van der Waals surface area contributed by atoms with Gasteiger partial charge in [-0.05, 0) is 0 Å². The maximum Gasteiger partial charge on any atom is 0.450 e. The molecule has 0 rings (SSSR count). The zero-order valence-corrected chi connectivity index (χ0v) is 3.38. The van der Waals surface area contributed by atoms with Gasteiger partial charge in [0, 0.05) is 0 Å². The summed E-state index contributed by atoms with van der Waals surface area (Å²) in [5.41, 5.74) is 0. The van der Waals surface area contributed by atoms with E-state index in [1.165, 1.54) is 0 Å². The second-order valence-electron chi connectivity index (χ2n) is 0.458. The Kier molecular flexibility index (Phi) is 2.31. The number of amides is 1. The fourth-order valence-corrected chi connectivity index (χ4v) is 0.0970. The van der Waals surface area contributed by atoms with Gasteiger partial charge in [-0.1, -0.05) is 9.75 Å². The smallest absolute Gasteiger partial charge is 0.450 e. The fourth-order valence-electron chi connectivity index (χ4n) is 0.0323. The molecule has 0 aromatic carbocycles. The van der Waals surface area contributed by atoms with Crippen LogP contribution in [0.3, 0.4) is 0 Å². The SMILES string of the molecule is O=C(O)/N=N/Cl. The summed E-state index contributed by atoms with van der Waals surface area (Å²) in [5.74, 6) is 0. The lowest BCUT2D eigenvalue weighted by Crippen LogP contribution is -1.78. The number of nitrogens with zero attached hydrogens (tertiary/aromatic N) is 2. The van der Waals surface area contributed by atoms with Crippen molar-refractivity contribution in [1.29, 1.82) is 0 Å². The lowest BCUT2D eigenvalue weighted by Gasteiger charge is -1.65. The van der Waals surface area contributed by atoms with Gasteiger partial charge in [-0.3, -0.25) is 0 Å². The van der Waals surface area contributed by atoms with Crippen molar-refractivity contribution in [3.05, 3.63) is 0 Å². The van der Waals surface area contributed by atoms with E-state index in [1.807, 2.05) is 0 Å². The van der Waals surface area contributed by atoms with Crippen LogP contribution in [0.1, 0.15) is 0 Å². The van der Waals surface area contributed by atoms with Crippen LogP contribution >= 0.6 is 11.8 Å². The fraction of sp³-hybridized carbons (Fsp3) is 0. The van der Waals surface area contributed by atoms with Gasteiger partial charge in [0.25, 0.3) is 0 Å². The summed E-state index contributed by atoms with van der Waals surface area (Å²) in [6, 6.07) is 0. The Morgan fingerprint density at radius 2 is 2.33 bits per heavy atom. The zero-order valence-electron chi connectivity index (χ0n) is 2.63. The molecule has 1 N–H and O–H groups in total. The van der Waals surface area contributed by atoms with Crippen LogP contribution < -0.4 is 0 Å². The van der Waals surface area contributed by atoms with Gasteiger partial charge in [-0.2, -0.15) is 0 Å². The molecule has 6 heavy (non-hydrogen) atoms. The quantitative estimate of drug-likeness (QED) is 0.475. The molecular formula is CHClN2O2. The van der Waals surface area contributed by atoms with Crippen molar-refractivity contribution in [2.24, 2.45) is 9.75 Å². The standard InChI is InChI=1S/CHClN2O2/c2-4-3-1(5)6/h(H,5,6)/b4-3+. The topological polar surface area (TPSA) is 62.0 Å². The first-order valence-corrected chi connectivity index (χ1v) is 1.36. The number of hydrogen-bond donors (Lipinski definition) is 1. The van der Waals surface area contributed by atoms with Crippen molar-refractivity contribution in [3.63, 3.8) is 0 Å². The summed E-state index contributed by atoms with van der Waals surface area (Å²) in [4.78, 5) is 9.25.